The van der Waals surface area contributed by atoms with E-state index in [2.05, 4.69) is 50.1 Å². The van der Waals surface area contributed by atoms with Gasteiger partial charge < -0.3 is 5.32 Å². The van der Waals surface area contributed by atoms with Crippen LogP contribution in [0, 0.1) is 0 Å². The van der Waals surface area contributed by atoms with E-state index < -0.39 is 0 Å². The van der Waals surface area contributed by atoms with Gasteiger partial charge >= 0.3 is 0 Å². The second kappa shape index (κ2) is 7.14. The van der Waals surface area contributed by atoms with Gasteiger partial charge in [0.15, 0.2) is 0 Å². The zero-order chi connectivity index (χ0) is 15.3. The molecule has 0 aliphatic rings. The van der Waals surface area contributed by atoms with E-state index >= 15 is 0 Å². The molecule has 2 rings (SSSR count). The van der Waals surface area contributed by atoms with E-state index in [4.69, 9.17) is 4.98 Å². The highest BCUT2D eigenvalue weighted by Gasteiger charge is 2.22. The third-order valence-electron chi connectivity index (χ3n) is 3.27. The first-order valence-electron chi connectivity index (χ1n) is 7.59. The van der Waals surface area contributed by atoms with Crippen LogP contribution in [0.15, 0.2) is 24.5 Å². The van der Waals surface area contributed by atoms with Crippen LogP contribution >= 0.6 is 11.3 Å². The molecule has 0 fully saturated rings. The average Bonchev–Trinajstić information content (AvgIpc) is 2.83. The van der Waals surface area contributed by atoms with Crippen LogP contribution in [0.3, 0.4) is 0 Å². The molecular weight excluding hydrogens is 278 g/mol. The third-order valence-corrected chi connectivity index (χ3v) is 4.32. The Balaban J connectivity index is 2.19. The molecule has 1 N–H and O–H groups in total. The largest absolute Gasteiger partial charge is 0.312 e. The van der Waals surface area contributed by atoms with Gasteiger partial charge in [-0.3, -0.25) is 4.98 Å². The quantitative estimate of drug-likeness (QED) is 0.822. The molecular formula is C17H25N3S. The number of pyridine rings is 1. The van der Waals surface area contributed by atoms with E-state index in [-0.39, 0.29) is 5.41 Å². The van der Waals surface area contributed by atoms with Gasteiger partial charge in [0.05, 0.1) is 10.7 Å². The molecule has 0 aromatic carbocycles. The lowest BCUT2D eigenvalue weighted by molar-refractivity contribution is 0.557. The highest BCUT2D eigenvalue weighted by Crippen LogP contribution is 2.30. The summed E-state index contributed by atoms with van der Waals surface area (Å²) in [5, 5.41) is 4.70. The number of hydrogen-bond acceptors (Lipinski definition) is 4. The minimum atomic E-state index is 0.0935. The molecule has 114 valence electrons. The second-order valence-corrected chi connectivity index (χ2v) is 7.51. The van der Waals surface area contributed by atoms with E-state index in [0.717, 1.165) is 25.9 Å². The van der Waals surface area contributed by atoms with Gasteiger partial charge in [0.25, 0.3) is 0 Å². The van der Waals surface area contributed by atoms with Gasteiger partial charge in [-0.15, -0.1) is 11.3 Å². The van der Waals surface area contributed by atoms with Crippen LogP contribution in [0.4, 0.5) is 0 Å². The first-order chi connectivity index (χ1) is 10.0. The molecule has 0 bridgehead atoms. The number of nitrogens with one attached hydrogen (secondary N) is 1. The lowest BCUT2D eigenvalue weighted by Gasteiger charge is -2.17. The Morgan fingerprint density at radius 3 is 2.52 bits per heavy atom. The third kappa shape index (κ3) is 4.61. The van der Waals surface area contributed by atoms with Crippen LogP contribution in [0.5, 0.6) is 0 Å². The Bertz CT molecular complexity index is 555. The molecule has 4 heteroatoms. The molecule has 0 amide bonds. The van der Waals surface area contributed by atoms with Crippen molar-refractivity contribution in [3.8, 4) is 0 Å². The summed E-state index contributed by atoms with van der Waals surface area (Å²) in [6.45, 7) is 10.9. The van der Waals surface area contributed by atoms with Crippen LogP contribution in [0.2, 0.25) is 0 Å². The first kappa shape index (κ1) is 16.1. The van der Waals surface area contributed by atoms with Gasteiger partial charge in [-0.05, 0) is 30.7 Å². The van der Waals surface area contributed by atoms with Crippen LogP contribution in [-0.2, 0) is 18.4 Å². The van der Waals surface area contributed by atoms with Crippen molar-refractivity contribution in [3.05, 3.63) is 45.7 Å². The molecule has 21 heavy (non-hydrogen) atoms. The SMILES string of the molecule is CCCNCc1sc(Cc2ccncc2)nc1C(C)(C)C. The molecule has 3 nitrogen and oxygen atoms in total. The van der Waals surface area contributed by atoms with Crippen LogP contribution < -0.4 is 5.32 Å². The van der Waals surface area contributed by atoms with Crippen molar-refractivity contribution in [2.45, 2.75) is 52.5 Å². The summed E-state index contributed by atoms with van der Waals surface area (Å²) in [7, 11) is 0. The Labute approximate surface area is 131 Å². The van der Waals surface area contributed by atoms with Crippen molar-refractivity contribution in [2.24, 2.45) is 0 Å². The monoisotopic (exact) mass is 303 g/mol. The maximum Gasteiger partial charge on any atom is 0.0975 e. The number of aromatic nitrogens is 2. The van der Waals surface area contributed by atoms with Gasteiger partial charge in [0.2, 0.25) is 0 Å². The van der Waals surface area contributed by atoms with Gasteiger partial charge in [-0.1, -0.05) is 27.7 Å². The zero-order valence-corrected chi connectivity index (χ0v) is 14.3. The standard InChI is InChI=1S/C17H25N3S/c1-5-8-19-12-14-16(17(2,3)4)20-15(21-14)11-13-6-9-18-10-7-13/h6-7,9-10,19H,5,8,11-12H2,1-4H3. The van der Waals surface area contributed by atoms with Crippen molar-refractivity contribution in [1.29, 1.82) is 0 Å². The molecule has 0 aliphatic heterocycles. The molecule has 0 spiro atoms. The van der Waals surface area contributed by atoms with Gasteiger partial charge in [-0.25, -0.2) is 4.98 Å². The molecule has 0 saturated carbocycles. The van der Waals surface area contributed by atoms with Crippen molar-refractivity contribution in [3.63, 3.8) is 0 Å². The fourth-order valence-corrected chi connectivity index (χ4v) is 3.52. The Kier molecular flexibility index (Phi) is 5.48. The van der Waals surface area contributed by atoms with E-state index in [1.54, 1.807) is 0 Å². The summed E-state index contributed by atoms with van der Waals surface area (Å²) in [6, 6.07) is 4.13. The minimum absolute atomic E-state index is 0.0935. The van der Waals surface area contributed by atoms with Gasteiger partial charge in [-0.2, -0.15) is 0 Å². The Morgan fingerprint density at radius 2 is 1.90 bits per heavy atom. The van der Waals surface area contributed by atoms with Crippen LogP contribution in [0.1, 0.15) is 55.3 Å². The Hall–Kier alpha value is -1.26. The van der Waals surface area contributed by atoms with Gasteiger partial charge in [0, 0.05) is 35.7 Å². The fraction of sp³-hybridized carbons (Fsp3) is 0.529. The molecule has 0 unspecified atom stereocenters. The smallest absolute Gasteiger partial charge is 0.0975 e. The second-order valence-electron chi connectivity index (χ2n) is 6.34. The first-order valence-corrected chi connectivity index (χ1v) is 8.41. The van der Waals surface area contributed by atoms with Crippen LogP contribution in [0.25, 0.3) is 0 Å². The summed E-state index contributed by atoms with van der Waals surface area (Å²) >= 11 is 1.84. The topological polar surface area (TPSA) is 37.8 Å². The number of rotatable bonds is 6. The highest BCUT2D eigenvalue weighted by molar-refractivity contribution is 7.11. The molecule has 0 saturated heterocycles. The summed E-state index contributed by atoms with van der Waals surface area (Å²) in [5.74, 6) is 0. The molecule has 0 radical (unpaired) electrons. The molecule has 2 aromatic heterocycles. The maximum absolute atomic E-state index is 4.91. The molecule has 0 aliphatic carbocycles. The summed E-state index contributed by atoms with van der Waals surface area (Å²) in [6.07, 6.45) is 5.74. The number of nitrogens with zero attached hydrogens (tertiary/aromatic N) is 2. The predicted molar refractivity (Wildman–Crippen MR) is 89.9 cm³/mol. The number of hydrogen-bond donors (Lipinski definition) is 1. The summed E-state index contributed by atoms with van der Waals surface area (Å²) in [4.78, 5) is 10.4. The van der Waals surface area contributed by atoms with Crippen molar-refractivity contribution < 1.29 is 0 Å². The van der Waals surface area contributed by atoms with Crippen molar-refractivity contribution in [1.82, 2.24) is 15.3 Å². The zero-order valence-electron chi connectivity index (χ0n) is 13.4. The molecule has 0 atom stereocenters. The molecule has 2 heterocycles. The Morgan fingerprint density at radius 1 is 1.19 bits per heavy atom. The lowest BCUT2D eigenvalue weighted by atomic mass is 9.91. The normalized spacial score (nSPS) is 11.8. The van der Waals surface area contributed by atoms with E-state index in [9.17, 15) is 0 Å². The minimum Gasteiger partial charge on any atom is -0.312 e. The average molecular weight is 303 g/mol. The van der Waals surface area contributed by atoms with Crippen LogP contribution in [-0.4, -0.2) is 16.5 Å². The van der Waals surface area contributed by atoms with E-state index in [1.165, 1.54) is 21.1 Å². The predicted octanol–water partition coefficient (Wildman–Crippen LogP) is 3.93. The number of thiazole rings is 1. The lowest BCUT2D eigenvalue weighted by Crippen LogP contribution is -2.19. The molecule has 2 aromatic rings. The highest BCUT2D eigenvalue weighted by atomic mass is 32.1. The summed E-state index contributed by atoms with van der Waals surface area (Å²) < 4.78 is 0. The van der Waals surface area contributed by atoms with Crippen molar-refractivity contribution >= 4 is 11.3 Å². The fourth-order valence-electron chi connectivity index (χ4n) is 2.24. The summed E-state index contributed by atoms with van der Waals surface area (Å²) in [5.41, 5.74) is 2.60. The van der Waals surface area contributed by atoms with E-state index in [1.807, 2.05) is 23.7 Å². The van der Waals surface area contributed by atoms with Crippen molar-refractivity contribution in [2.75, 3.05) is 6.54 Å². The van der Waals surface area contributed by atoms with E-state index in [0.29, 0.717) is 0 Å². The van der Waals surface area contributed by atoms with Gasteiger partial charge in [0.1, 0.15) is 0 Å². The maximum atomic E-state index is 4.91.